The Morgan fingerprint density at radius 1 is 1.04 bits per heavy atom. The molecule has 0 aliphatic heterocycles. The van der Waals surface area contributed by atoms with E-state index in [0.29, 0.717) is 5.39 Å². The van der Waals surface area contributed by atoms with Crippen LogP contribution in [0.5, 0.6) is 0 Å². The number of hydrogen-bond donors (Lipinski definition) is 1. The Bertz CT molecular complexity index is 1150. The number of anilines is 1. The van der Waals surface area contributed by atoms with Gasteiger partial charge in [-0.15, -0.1) is 11.3 Å². The quantitative estimate of drug-likeness (QED) is 0.570. The fraction of sp³-hybridized carbons (Fsp3) is 0.0952. The van der Waals surface area contributed by atoms with E-state index in [9.17, 15) is 9.59 Å². The van der Waals surface area contributed by atoms with Gasteiger partial charge >= 0.3 is 0 Å². The second-order valence-electron chi connectivity index (χ2n) is 6.09. The van der Waals surface area contributed by atoms with E-state index in [1.54, 1.807) is 6.07 Å². The van der Waals surface area contributed by atoms with Gasteiger partial charge in [-0.2, -0.15) is 0 Å². The average Bonchev–Trinajstić information content (AvgIpc) is 3.18. The standard InChI is InChI=1S/C21H17N3O2S/c25-19(10-12-24-14-22-20-17(21(24)26)11-13-27-20)23-18-9-5-4-8-16(18)15-6-2-1-3-7-15/h1-9,11,13-14H,10,12H2,(H,23,25). The lowest BCUT2D eigenvalue weighted by molar-refractivity contribution is -0.116. The summed E-state index contributed by atoms with van der Waals surface area (Å²) < 4.78 is 1.48. The summed E-state index contributed by atoms with van der Waals surface area (Å²) in [5.74, 6) is -0.143. The van der Waals surface area contributed by atoms with E-state index in [-0.39, 0.29) is 24.4 Å². The molecule has 2 aromatic carbocycles. The lowest BCUT2D eigenvalue weighted by Gasteiger charge is -2.12. The minimum Gasteiger partial charge on any atom is -0.325 e. The van der Waals surface area contributed by atoms with Crippen LogP contribution in [0, 0.1) is 0 Å². The van der Waals surface area contributed by atoms with Crippen LogP contribution < -0.4 is 10.9 Å². The molecular weight excluding hydrogens is 358 g/mol. The van der Waals surface area contributed by atoms with Crippen LogP contribution in [0.25, 0.3) is 21.3 Å². The maximum atomic E-state index is 12.4. The fourth-order valence-corrected chi connectivity index (χ4v) is 3.67. The van der Waals surface area contributed by atoms with Crippen LogP contribution in [-0.2, 0) is 11.3 Å². The largest absolute Gasteiger partial charge is 0.325 e. The van der Waals surface area contributed by atoms with Gasteiger partial charge in [0, 0.05) is 24.2 Å². The normalized spacial score (nSPS) is 10.8. The maximum Gasteiger partial charge on any atom is 0.262 e. The molecular formula is C21H17N3O2S. The number of carbonyl (C=O) groups excluding carboxylic acids is 1. The number of amides is 1. The Balaban J connectivity index is 1.49. The van der Waals surface area contributed by atoms with Gasteiger partial charge in [0.05, 0.1) is 11.7 Å². The number of nitrogens with zero attached hydrogens (tertiary/aromatic N) is 2. The Morgan fingerprint density at radius 3 is 2.67 bits per heavy atom. The van der Waals surface area contributed by atoms with Gasteiger partial charge in [0.25, 0.3) is 5.56 Å². The van der Waals surface area contributed by atoms with Gasteiger partial charge in [0.2, 0.25) is 5.91 Å². The number of aromatic nitrogens is 2. The van der Waals surface area contributed by atoms with Crippen molar-refractivity contribution in [3.05, 3.63) is 82.7 Å². The first kappa shape index (κ1) is 17.2. The molecule has 5 nitrogen and oxygen atoms in total. The minimum atomic E-state index is -0.143. The zero-order valence-corrected chi connectivity index (χ0v) is 15.3. The van der Waals surface area contributed by atoms with Crippen LogP contribution in [0.15, 0.2) is 77.2 Å². The highest BCUT2D eigenvalue weighted by molar-refractivity contribution is 7.16. The summed E-state index contributed by atoms with van der Waals surface area (Å²) in [6, 6.07) is 19.4. The molecule has 0 fully saturated rings. The Labute approximate surface area is 159 Å². The molecule has 0 spiro atoms. The van der Waals surface area contributed by atoms with Gasteiger partial charge in [0.15, 0.2) is 0 Å². The molecule has 0 unspecified atom stereocenters. The zero-order chi connectivity index (χ0) is 18.6. The van der Waals surface area contributed by atoms with Crippen molar-refractivity contribution in [3.63, 3.8) is 0 Å². The molecule has 0 radical (unpaired) electrons. The maximum absolute atomic E-state index is 12.4. The molecule has 27 heavy (non-hydrogen) atoms. The Hall–Kier alpha value is -3.25. The number of hydrogen-bond acceptors (Lipinski definition) is 4. The van der Waals surface area contributed by atoms with E-state index in [4.69, 9.17) is 0 Å². The second kappa shape index (κ2) is 7.55. The molecule has 134 valence electrons. The summed E-state index contributed by atoms with van der Waals surface area (Å²) in [6.07, 6.45) is 1.70. The molecule has 1 amide bonds. The highest BCUT2D eigenvalue weighted by Crippen LogP contribution is 2.27. The summed E-state index contributed by atoms with van der Waals surface area (Å²) in [5.41, 5.74) is 2.65. The Morgan fingerprint density at radius 2 is 1.81 bits per heavy atom. The van der Waals surface area contributed by atoms with E-state index >= 15 is 0 Å². The van der Waals surface area contributed by atoms with Crippen molar-refractivity contribution >= 4 is 33.1 Å². The summed E-state index contributed by atoms with van der Waals surface area (Å²) in [5, 5.41) is 5.40. The number of aryl methyl sites for hydroxylation is 1. The second-order valence-corrected chi connectivity index (χ2v) is 6.99. The van der Waals surface area contributed by atoms with E-state index in [1.165, 1.54) is 22.2 Å². The van der Waals surface area contributed by atoms with Gasteiger partial charge in [-0.05, 0) is 23.1 Å². The van der Waals surface area contributed by atoms with Gasteiger partial charge in [-0.3, -0.25) is 14.2 Å². The first-order chi connectivity index (χ1) is 13.2. The SMILES string of the molecule is O=C(CCn1cnc2sccc2c1=O)Nc1ccccc1-c1ccccc1. The lowest BCUT2D eigenvalue weighted by Crippen LogP contribution is -2.23. The molecule has 2 heterocycles. The van der Waals surface area contributed by atoms with Crippen LogP contribution in [0.1, 0.15) is 6.42 Å². The molecule has 0 aliphatic carbocycles. The van der Waals surface area contributed by atoms with Crippen molar-refractivity contribution in [2.75, 3.05) is 5.32 Å². The molecule has 1 N–H and O–H groups in total. The third kappa shape index (κ3) is 3.66. The number of fused-ring (bicyclic) bond motifs is 1. The number of nitrogens with one attached hydrogen (secondary N) is 1. The van der Waals surface area contributed by atoms with E-state index in [0.717, 1.165) is 21.6 Å². The van der Waals surface area contributed by atoms with Crippen LogP contribution >= 0.6 is 11.3 Å². The first-order valence-corrected chi connectivity index (χ1v) is 9.47. The number of carbonyl (C=O) groups is 1. The number of benzene rings is 2. The zero-order valence-electron chi connectivity index (χ0n) is 14.5. The van der Waals surface area contributed by atoms with Crippen molar-refractivity contribution in [2.45, 2.75) is 13.0 Å². The minimum absolute atomic E-state index is 0.112. The van der Waals surface area contributed by atoms with E-state index < -0.39 is 0 Å². The average molecular weight is 375 g/mol. The monoisotopic (exact) mass is 375 g/mol. The molecule has 6 heteroatoms. The molecule has 0 saturated carbocycles. The van der Waals surface area contributed by atoms with Crippen molar-refractivity contribution in [1.82, 2.24) is 9.55 Å². The predicted octanol–water partition coefficient (Wildman–Crippen LogP) is 4.15. The van der Waals surface area contributed by atoms with Gasteiger partial charge in [0.1, 0.15) is 4.83 Å². The number of para-hydroxylation sites is 1. The van der Waals surface area contributed by atoms with Crippen LogP contribution in [0.2, 0.25) is 0 Å². The molecule has 0 atom stereocenters. The lowest BCUT2D eigenvalue weighted by atomic mass is 10.0. The molecule has 0 bridgehead atoms. The van der Waals surface area contributed by atoms with Crippen LogP contribution in [0.3, 0.4) is 0 Å². The third-order valence-corrected chi connectivity index (χ3v) is 5.14. The van der Waals surface area contributed by atoms with Crippen molar-refractivity contribution < 1.29 is 4.79 Å². The molecule has 2 aromatic heterocycles. The van der Waals surface area contributed by atoms with Crippen molar-refractivity contribution in [1.29, 1.82) is 0 Å². The summed E-state index contributed by atoms with van der Waals surface area (Å²) in [4.78, 5) is 29.8. The van der Waals surface area contributed by atoms with E-state index in [1.807, 2.05) is 60.0 Å². The number of thiophene rings is 1. The van der Waals surface area contributed by atoms with Crippen molar-refractivity contribution in [3.8, 4) is 11.1 Å². The smallest absolute Gasteiger partial charge is 0.262 e. The summed E-state index contributed by atoms with van der Waals surface area (Å²) >= 11 is 1.43. The van der Waals surface area contributed by atoms with Gasteiger partial charge in [-0.1, -0.05) is 48.5 Å². The summed E-state index contributed by atoms with van der Waals surface area (Å²) in [6.45, 7) is 0.289. The topological polar surface area (TPSA) is 64.0 Å². The molecule has 0 saturated heterocycles. The molecule has 4 aromatic rings. The third-order valence-electron chi connectivity index (χ3n) is 4.32. The van der Waals surface area contributed by atoms with E-state index in [2.05, 4.69) is 10.3 Å². The van der Waals surface area contributed by atoms with Crippen molar-refractivity contribution in [2.24, 2.45) is 0 Å². The van der Waals surface area contributed by atoms with Crippen LogP contribution in [-0.4, -0.2) is 15.5 Å². The van der Waals surface area contributed by atoms with Crippen LogP contribution in [0.4, 0.5) is 5.69 Å². The molecule has 4 rings (SSSR count). The Kier molecular flexibility index (Phi) is 4.80. The van der Waals surface area contributed by atoms with Gasteiger partial charge < -0.3 is 5.32 Å². The summed E-state index contributed by atoms with van der Waals surface area (Å²) in [7, 11) is 0. The highest BCUT2D eigenvalue weighted by atomic mass is 32.1. The fourth-order valence-electron chi connectivity index (χ4n) is 2.95. The highest BCUT2D eigenvalue weighted by Gasteiger charge is 2.10. The molecule has 0 aliphatic rings. The first-order valence-electron chi connectivity index (χ1n) is 8.59. The number of rotatable bonds is 5. The van der Waals surface area contributed by atoms with Gasteiger partial charge in [-0.25, -0.2) is 4.98 Å². The predicted molar refractivity (Wildman–Crippen MR) is 109 cm³/mol.